The van der Waals surface area contributed by atoms with Crippen molar-refractivity contribution in [1.29, 1.82) is 0 Å². The SMILES string of the molecule is CCCN(CCC)C(=O)CCCC(=O)Nc1ccc(OCC(F)(F)F)nc1. The summed E-state index contributed by atoms with van der Waals surface area (Å²) in [5, 5.41) is 2.59. The van der Waals surface area contributed by atoms with Gasteiger partial charge < -0.3 is 15.0 Å². The number of amides is 2. The summed E-state index contributed by atoms with van der Waals surface area (Å²) in [4.78, 5) is 29.6. The summed E-state index contributed by atoms with van der Waals surface area (Å²) in [6.45, 7) is 4.03. The van der Waals surface area contributed by atoms with Gasteiger partial charge in [0.15, 0.2) is 6.61 Å². The van der Waals surface area contributed by atoms with Crippen LogP contribution in [0.4, 0.5) is 18.9 Å². The van der Waals surface area contributed by atoms with Gasteiger partial charge >= 0.3 is 6.18 Å². The molecule has 0 saturated heterocycles. The minimum absolute atomic E-state index is 0.0410. The second-order valence-electron chi connectivity index (χ2n) is 6.07. The van der Waals surface area contributed by atoms with Crippen molar-refractivity contribution >= 4 is 17.5 Å². The van der Waals surface area contributed by atoms with Crippen molar-refractivity contribution in [3.8, 4) is 5.88 Å². The Morgan fingerprint density at radius 3 is 2.33 bits per heavy atom. The van der Waals surface area contributed by atoms with Gasteiger partial charge in [0.25, 0.3) is 0 Å². The Morgan fingerprint density at radius 2 is 1.81 bits per heavy atom. The highest BCUT2D eigenvalue weighted by molar-refractivity contribution is 5.90. The number of carbonyl (C=O) groups excluding carboxylic acids is 2. The number of halogens is 3. The lowest BCUT2D eigenvalue weighted by Crippen LogP contribution is -2.32. The zero-order chi connectivity index (χ0) is 20.3. The van der Waals surface area contributed by atoms with Gasteiger partial charge in [0.2, 0.25) is 17.7 Å². The molecular formula is C18H26F3N3O3. The van der Waals surface area contributed by atoms with Crippen LogP contribution in [0.25, 0.3) is 0 Å². The number of rotatable bonds is 11. The Morgan fingerprint density at radius 1 is 1.15 bits per heavy atom. The predicted molar refractivity (Wildman–Crippen MR) is 95.4 cm³/mol. The summed E-state index contributed by atoms with van der Waals surface area (Å²) in [6, 6.07) is 2.66. The van der Waals surface area contributed by atoms with Crippen molar-refractivity contribution in [2.45, 2.75) is 52.1 Å². The third-order valence-electron chi connectivity index (χ3n) is 3.54. The van der Waals surface area contributed by atoms with E-state index in [0.717, 1.165) is 12.8 Å². The van der Waals surface area contributed by atoms with Crippen LogP contribution in [0.3, 0.4) is 0 Å². The van der Waals surface area contributed by atoms with Gasteiger partial charge in [0.1, 0.15) is 0 Å². The van der Waals surface area contributed by atoms with E-state index in [1.807, 2.05) is 18.7 Å². The van der Waals surface area contributed by atoms with Crippen LogP contribution in [0.1, 0.15) is 46.0 Å². The van der Waals surface area contributed by atoms with Crippen LogP contribution >= 0.6 is 0 Å². The molecule has 1 aromatic rings. The summed E-state index contributed by atoms with van der Waals surface area (Å²) in [6.07, 6.45) is -0.534. The Labute approximate surface area is 157 Å². The number of hydrogen-bond acceptors (Lipinski definition) is 4. The molecule has 0 radical (unpaired) electrons. The molecule has 152 valence electrons. The molecule has 6 nitrogen and oxygen atoms in total. The quantitative estimate of drug-likeness (QED) is 0.625. The van der Waals surface area contributed by atoms with Gasteiger partial charge in [-0.3, -0.25) is 9.59 Å². The average Bonchev–Trinajstić information content (AvgIpc) is 2.60. The van der Waals surface area contributed by atoms with E-state index in [9.17, 15) is 22.8 Å². The van der Waals surface area contributed by atoms with Gasteiger partial charge in [-0.2, -0.15) is 13.2 Å². The van der Waals surface area contributed by atoms with Crippen LogP contribution in [0.2, 0.25) is 0 Å². The summed E-state index contributed by atoms with van der Waals surface area (Å²) in [5.74, 6) is -0.423. The molecule has 1 aromatic heterocycles. The monoisotopic (exact) mass is 389 g/mol. The lowest BCUT2D eigenvalue weighted by molar-refractivity contribution is -0.154. The Hall–Kier alpha value is -2.32. The molecule has 0 atom stereocenters. The standard InChI is InChI=1S/C18H26F3N3O3/c1-3-10-24(11-4-2)17(26)7-5-6-15(25)23-14-8-9-16(22-12-14)27-13-18(19,20)21/h8-9,12H,3-7,10-11,13H2,1-2H3,(H,23,25). The molecule has 0 bridgehead atoms. The Bertz CT molecular complexity index is 586. The van der Waals surface area contributed by atoms with Gasteiger partial charge in [-0.15, -0.1) is 0 Å². The van der Waals surface area contributed by atoms with Crippen molar-refractivity contribution in [3.63, 3.8) is 0 Å². The molecule has 9 heteroatoms. The normalized spacial score (nSPS) is 11.1. The number of pyridine rings is 1. The molecule has 1 N–H and O–H groups in total. The highest BCUT2D eigenvalue weighted by atomic mass is 19.4. The minimum Gasteiger partial charge on any atom is -0.468 e. The molecule has 0 unspecified atom stereocenters. The predicted octanol–water partition coefficient (Wildman–Crippen LogP) is 3.78. The molecule has 1 rings (SSSR count). The summed E-state index contributed by atoms with van der Waals surface area (Å²) < 4.78 is 40.7. The van der Waals surface area contributed by atoms with Crippen molar-refractivity contribution in [1.82, 2.24) is 9.88 Å². The van der Waals surface area contributed by atoms with E-state index in [4.69, 9.17) is 0 Å². The van der Waals surface area contributed by atoms with Gasteiger partial charge in [-0.25, -0.2) is 4.98 Å². The maximum atomic E-state index is 12.1. The van der Waals surface area contributed by atoms with E-state index in [-0.39, 0.29) is 24.1 Å². The number of carbonyl (C=O) groups is 2. The Balaban J connectivity index is 2.36. The van der Waals surface area contributed by atoms with Crippen molar-refractivity contribution in [2.24, 2.45) is 0 Å². The number of aromatic nitrogens is 1. The van der Waals surface area contributed by atoms with Crippen molar-refractivity contribution in [2.75, 3.05) is 25.0 Å². The second kappa shape index (κ2) is 11.4. The van der Waals surface area contributed by atoms with Crippen molar-refractivity contribution < 1.29 is 27.5 Å². The van der Waals surface area contributed by atoms with Gasteiger partial charge in [0, 0.05) is 32.0 Å². The van der Waals surface area contributed by atoms with E-state index in [0.29, 0.717) is 31.6 Å². The first-order chi connectivity index (χ1) is 12.7. The third kappa shape index (κ3) is 9.81. The number of hydrogen-bond donors (Lipinski definition) is 1. The first-order valence-corrected chi connectivity index (χ1v) is 8.98. The lowest BCUT2D eigenvalue weighted by atomic mass is 10.2. The molecule has 0 aliphatic heterocycles. The number of nitrogens with zero attached hydrogens (tertiary/aromatic N) is 2. The molecule has 27 heavy (non-hydrogen) atoms. The number of alkyl halides is 3. The highest BCUT2D eigenvalue weighted by Crippen LogP contribution is 2.18. The fourth-order valence-electron chi connectivity index (χ4n) is 2.38. The number of anilines is 1. The van der Waals surface area contributed by atoms with E-state index in [1.54, 1.807) is 0 Å². The van der Waals surface area contributed by atoms with Crippen LogP contribution in [-0.2, 0) is 9.59 Å². The van der Waals surface area contributed by atoms with Gasteiger partial charge in [0.05, 0.1) is 11.9 Å². The third-order valence-corrected chi connectivity index (χ3v) is 3.54. The fourth-order valence-corrected chi connectivity index (χ4v) is 2.38. The molecule has 0 fully saturated rings. The zero-order valence-corrected chi connectivity index (χ0v) is 15.6. The smallest absolute Gasteiger partial charge is 0.422 e. The van der Waals surface area contributed by atoms with Crippen LogP contribution in [0, 0.1) is 0 Å². The minimum atomic E-state index is -4.43. The highest BCUT2D eigenvalue weighted by Gasteiger charge is 2.28. The molecule has 0 aliphatic carbocycles. The molecule has 1 heterocycles. The lowest BCUT2D eigenvalue weighted by Gasteiger charge is -2.21. The molecular weight excluding hydrogens is 363 g/mol. The second-order valence-corrected chi connectivity index (χ2v) is 6.07. The fraction of sp³-hybridized carbons (Fsp3) is 0.611. The first-order valence-electron chi connectivity index (χ1n) is 8.98. The number of nitrogens with one attached hydrogen (secondary N) is 1. The average molecular weight is 389 g/mol. The molecule has 0 aromatic carbocycles. The molecule has 0 spiro atoms. The van der Waals surface area contributed by atoms with Crippen LogP contribution < -0.4 is 10.1 Å². The maximum Gasteiger partial charge on any atom is 0.422 e. The molecule has 2 amide bonds. The topological polar surface area (TPSA) is 71.5 Å². The zero-order valence-electron chi connectivity index (χ0n) is 15.6. The van der Waals surface area contributed by atoms with E-state index in [1.165, 1.54) is 18.3 Å². The van der Waals surface area contributed by atoms with E-state index in [2.05, 4.69) is 15.0 Å². The van der Waals surface area contributed by atoms with E-state index < -0.39 is 12.8 Å². The van der Waals surface area contributed by atoms with Crippen LogP contribution in [-0.4, -0.2) is 47.6 Å². The summed E-state index contributed by atoms with van der Waals surface area (Å²) in [7, 11) is 0. The van der Waals surface area contributed by atoms with Gasteiger partial charge in [-0.05, 0) is 25.3 Å². The summed E-state index contributed by atoms with van der Waals surface area (Å²) >= 11 is 0. The maximum absolute atomic E-state index is 12.1. The number of ether oxygens (including phenoxy) is 1. The van der Waals surface area contributed by atoms with Gasteiger partial charge in [-0.1, -0.05) is 13.8 Å². The largest absolute Gasteiger partial charge is 0.468 e. The summed E-state index contributed by atoms with van der Waals surface area (Å²) in [5.41, 5.74) is 0.351. The Kier molecular flexibility index (Phi) is 9.60. The van der Waals surface area contributed by atoms with Crippen LogP contribution in [0.5, 0.6) is 5.88 Å². The first kappa shape index (κ1) is 22.7. The molecule has 0 aliphatic rings. The van der Waals surface area contributed by atoms with Crippen molar-refractivity contribution in [3.05, 3.63) is 18.3 Å². The van der Waals surface area contributed by atoms with Crippen LogP contribution in [0.15, 0.2) is 18.3 Å². The molecule has 0 saturated carbocycles. The van der Waals surface area contributed by atoms with E-state index >= 15 is 0 Å².